The van der Waals surface area contributed by atoms with E-state index < -0.39 is 0 Å². The lowest BCUT2D eigenvalue weighted by Crippen LogP contribution is -2.36. The Balaban J connectivity index is 1.57. The molecule has 1 aromatic carbocycles. The van der Waals surface area contributed by atoms with Gasteiger partial charge in [0.25, 0.3) is 5.91 Å². The molecule has 2 aromatic rings. The zero-order valence-electron chi connectivity index (χ0n) is 14.0. The molecule has 5 nitrogen and oxygen atoms in total. The number of anilines is 2. The van der Waals surface area contributed by atoms with Crippen molar-refractivity contribution in [1.29, 1.82) is 0 Å². The molecule has 24 heavy (non-hydrogen) atoms. The highest BCUT2D eigenvalue weighted by molar-refractivity contribution is 5.92. The second-order valence-corrected chi connectivity index (χ2v) is 6.66. The number of hydrogen-bond acceptors (Lipinski definition) is 4. The molecule has 1 fully saturated rings. The molecule has 124 valence electrons. The van der Waals surface area contributed by atoms with Crippen molar-refractivity contribution in [2.24, 2.45) is 0 Å². The topological polar surface area (TPSA) is 49.3 Å². The van der Waals surface area contributed by atoms with Gasteiger partial charge in [0.1, 0.15) is 5.69 Å². The van der Waals surface area contributed by atoms with Gasteiger partial charge in [-0.3, -0.25) is 4.79 Å². The summed E-state index contributed by atoms with van der Waals surface area (Å²) in [4.78, 5) is 25.6. The molecule has 2 aliphatic rings. The van der Waals surface area contributed by atoms with Crippen LogP contribution >= 0.6 is 0 Å². The number of fused-ring (bicyclic) bond motifs is 1. The number of rotatable bonds is 2. The third-order valence-electron chi connectivity index (χ3n) is 4.95. The summed E-state index contributed by atoms with van der Waals surface area (Å²) in [6.45, 7) is 3.85. The van der Waals surface area contributed by atoms with Crippen LogP contribution in [0, 0.1) is 0 Å². The molecule has 2 aliphatic heterocycles. The first-order valence-corrected chi connectivity index (χ1v) is 8.72. The first-order chi connectivity index (χ1) is 11.7. The Hall–Kier alpha value is -2.43. The Kier molecular flexibility index (Phi) is 3.92. The zero-order valence-corrected chi connectivity index (χ0v) is 14.0. The summed E-state index contributed by atoms with van der Waals surface area (Å²) < 4.78 is 0. The maximum Gasteiger partial charge on any atom is 0.274 e. The van der Waals surface area contributed by atoms with Gasteiger partial charge in [-0.25, -0.2) is 9.97 Å². The molecule has 4 rings (SSSR count). The number of piperidine rings is 1. The van der Waals surface area contributed by atoms with Crippen LogP contribution in [0.4, 0.5) is 11.5 Å². The molecule has 1 saturated heterocycles. The number of amides is 1. The van der Waals surface area contributed by atoms with Crippen LogP contribution in [0.25, 0.3) is 0 Å². The normalized spacial score (nSPS) is 20.1. The lowest BCUT2D eigenvalue weighted by Gasteiger charge is -2.26. The molecule has 3 heterocycles. The summed E-state index contributed by atoms with van der Waals surface area (Å²) in [6, 6.07) is 8.74. The number of benzene rings is 1. The third-order valence-corrected chi connectivity index (χ3v) is 4.95. The van der Waals surface area contributed by atoms with E-state index in [9.17, 15) is 4.79 Å². The molecule has 0 N–H and O–H groups in total. The number of hydrogen-bond donors (Lipinski definition) is 0. The van der Waals surface area contributed by atoms with Crippen LogP contribution in [-0.4, -0.2) is 39.9 Å². The number of likely N-dealkylation sites (tertiary alicyclic amines) is 1. The van der Waals surface area contributed by atoms with Gasteiger partial charge in [-0.1, -0.05) is 18.2 Å². The van der Waals surface area contributed by atoms with Crippen LogP contribution in [0.3, 0.4) is 0 Å². The van der Waals surface area contributed by atoms with Crippen LogP contribution in [0.15, 0.2) is 36.7 Å². The second kappa shape index (κ2) is 6.23. The first kappa shape index (κ1) is 15.1. The fraction of sp³-hybridized carbons (Fsp3) is 0.421. The summed E-state index contributed by atoms with van der Waals surface area (Å²) >= 11 is 0. The summed E-state index contributed by atoms with van der Waals surface area (Å²) in [6.07, 6.45) is 7.74. The third kappa shape index (κ3) is 2.64. The van der Waals surface area contributed by atoms with Crippen LogP contribution < -0.4 is 4.90 Å². The molecule has 0 bridgehead atoms. The van der Waals surface area contributed by atoms with Crippen molar-refractivity contribution in [1.82, 2.24) is 14.9 Å². The van der Waals surface area contributed by atoms with Crippen LogP contribution in [-0.2, 0) is 6.42 Å². The molecule has 1 atom stereocenters. The number of carbonyl (C=O) groups excluding carboxylic acids is 1. The van der Waals surface area contributed by atoms with E-state index in [1.54, 1.807) is 12.4 Å². The van der Waals surface area contributed by atoms with E-state index in [1.165, 1.54) is 17.7 Å². The summed E-state index contributed by atoms with van der Waals surface area (Å²) in [5, 5.41) is 0. The van der Waals surface area contributed by atoms with Crippen molar-refractivity contribution in [2.45, 2.75) is 38.6 Å². The van der Waals surface area contributed by atoms with Crippen molar-refractivity contribution < 1.29 is 4.79 Å². The average molecular weight is 322 g/mol. The van der Waals surface area contributed by atoms with Crippen molar-refractivity contribution in [3.63, 3.8) is 0 Å². The summed E-state index contributed by atoms with van der Waals surface area (Å²) in [5.41, 5.74) is 2.97. The Morgan fingerprint density at radius 1 is 1.08 bits per heavy atom. The van der Waals surface area contributed by atoms with Gasteiger partial charge < -0.3 is 9.80 Å². The molecule has 0 saturated carbocycles. The van der Waals surface area contributed by atoms with Gasteiger partial charge in [0.2, 0.25) is 0 Å². The van der Waals surface area contributed by atoms with Crippen molar-refractivity contribution in [3.05, 3.63) is 47.9 Å². The fourth-order valence-electron chi connectivity index (χ4n) is 3.73. The summed E-state index contributed by atoms with van der Waals surface area (Å²) in [5.74, 6) is 0.811. The number of carbonyl (C=O) groups is 1. The van der Waals surface area contributed by atoms with Crippen LogP contribution in [0.5, 0.6) is 0 Å². The molecule has 0 spiro atoms. The monoisotopic (exact) mass is 322 g/mol. The molecular weight excluding hydrogens is 300 g/mol. The van der Waals surface area contributed by atoms with Crippen molar-refractivity contribution in [3.8, 4) is 0 Å². The summed E-state index contributed by atoms with van der Waals surface area (Å²) in [7, 11) is 0. The SMILES string of the molecule is CC1Cc2ccccc2N1c1cnc(C(=O)N2CCCCC2)cn1. The van der Waals surface area contributed by atoms with Crippen molar-refractivity contribution in [2.75, 3.05) is 18.0 Å². The van der Waals surface area contributed by atoms with E-state index >= 15 is 0 Å². The lowest BCUT2D eigenvalue weighted by molar-refractivity contribution is 0.0718. The van der Waals surface area contributed by atoms with Crippen molar-refractivity contribution >= 4 is 17.4 Å². The van der Waals surface area contributed by atoms with Crippen LogP contribution in [0.2, 0.25) is 0 Å². The highest BCUT2D eigenvalue weighted by atomic mass is 16.2. The fourth-order valence-corrected chi connectivity index (χ4v) is 3.73. The maximum atomic E-state index is 12.5. The van der Waals surface area contributed by atoms with E-state index in [-0.39, 0.29) is 5.91 Å². The molecule has 5 heteroatoms. The van der Waals surface area contributed by atoms with E-state index in [4.69, 9.17) is 0 Å². The van der Waals surface area contributed by atoms with Gasteiger partial charge >= 0.3 is 0 Å². The van der Waals surface area contributed by atoms with Gasteiger partial charge in [-0.2, -0.15) is 0 Å². The van der Waals surface area contributed by atoms with E-state index in [0.29, 0.717) is 11.7 Å². The minimum atomic E-state index is 0.00335. The molecule has 1 aromatic heterocycles. The maximum absolute atomic E-state index is 12.5. The number of para-hydroxylation sites is 1. The standard InChI is InChI=1S/C19H22N4O/c1-14-11-15-7-3-4-8-17(15)23(14)18-13-20-16(12-21-18)19(24)22-9-5-2-6-10-22/h3-4,7-8,12-14H,2,5-6,9-11H2,1H3. The molecule has 0 radical (unpaired) electrons. The van der Waals surface area contributed by atoms with Gasteiger partial charge in [0.05, 0.1) is 12.4 Å². The minimum Gasteiger partial charge on any atom is -0.337 e. The molecule has 1 amide bonds. The van der Waals surface area contributed by atoms with E-state index in [0.717, 1.165) is 38.2 Å². The first-order valence-electron chi connectivity index (χ1n) is 8.72. The van der Waals surface area contributed by atoms with Gasteiger partial charge in [0.15, 0.2) is 5.82 Å². The Morgan fingerprint density at radius 3 is 2.62 bits per heavy atom. The Morgan fingerprint density at radius 2 is 1.88 bits per heavy atom. The lowest BCUT2D eigenvalue weighted by atomic mass is 10.1. The quantitative estimate of drug-likeness (QED) is 0.852. The highest BCUT2D eigenvalue weighted by Gasteiger charge is 2.28. The van der Waals surface area contributed by atoms with Gasteiger partial charge in [-0.15, -0.1) is 0 Å². The largest absolute Gasteiger partial charge is 0.337 e. The second-order valence-electron chi connectivity index (χ2n) is 6.66. The predicted octanol–water partition coefficient (Wildman–Crippen LogP) is 3.19. The molecule has 0 aliphatic carbocycles. The molecule has 1 unspecified atom stereocenters. The Bertz CT molecular complexity index is 737. The van der Waals surface area contributed by atoms with Gasteiger partial charge in [0, 0.05) is 24.8 Å². The Labute approximate surface area is 142 Å². The van der Waals surface area contributed by atoms with Gasteiger partial charge in [-0.05, 0) is 44.2 Å². The predicted molar refractivity (Wildman–Crippen MR) is 93.5 cm³/mol. The van der Waals surface area contributed by atoms with Crippen LogP contribution in [0.1, 0.15) is 42.2 Å². The smallest absolute Gasteiger partial charge is 0.274 e. The highest BCUT2D eigenvalue weighted by Crippen LogP contribution is 2.36. The zero-order chi connectivity index (χ0) is 16.5. The van der Waals surface area contributed by atoms with E-state index in [2.05, 4.69) is 40.0 Å². The number of nitrogens with zero attached hydrogens (tertiary/aromatic N) is 4. The minimum absolute atomic E-state index is 0.00335. The average Bonchev–Trinajstić information content (AvgIpc) is 2.98. The number of aromatic nitrogens is 2. The molecular formula is C19H22N4O. The van der Waals surface area contributed by atoms with E-state index in [1.807, 2.05) is 11.0 Å².